The summed E-state index contributed by atoms with van der Waals surface area (Å²) in [6.07, 6.45) is 0. The number of ether oxygens (including phenoxy) is 2. The van der Waals surface area contributed by atoms with Gasteiger partial charge in [0, 0.05) is 5.56 Å². The van der Waals surface area contributed by atoms with Crippen LogP contribution in [-0.2, 0) is 35.6 Å². The zero-order valence-corrected chi connectivity index (χ0v) is 11.3. The average Bonchev–Trinajstić information content (AvgIpc) is 2.81. The van der Waals surface area contributed by atoms with Gasteiger partial charge in [0.15, 0.2) is 0 Å². The number of thiophene rings is 1. The molecule has 0 aliphatic carbocycles. The van der Waals surface area contributed by atoms with Gasteiger partial charge in [0.2, 0.25) is 26.1 Å². The fourth-order valence-corrected chi connectivity index (χ4v) is 4.02. The van der Waals surface area contributed by atoms with Crippen LogP contribution in [0.2, 0.25) is 0 Å². The second-order valence-corrected chi connectivity index (χ2v) is 6.84. The third-order valence-corrected chi connectivity index (χ3v) is 5.16. The van der Waals surface area contributed by atoms with Gasteiger partial charge in [-0.15, -0.1) is 11.3 Å². The minimum absolute atomic E-state index is 0.0803. The van der Waals surface area contributed by atoms with E-state index in [4.69, 9.17) is 14.6 Å². The molecule has 7 nitrogen and oxygen atoms in total. The molecule has 1 aromatic heterocycles. The van der Waals surface area contributed by atoms with E-state index >= 15 is 0 Å². The minimum Gasteiger partial charge on any atom is -0.339 e. The summed E-state index contributed by atoms with van der Waals surface area (Å²) < 4.78 is 54.8. The van der Waals surface area contributed by atoms with Crippen LogP contribution in [0.25, 0.3) is 0 Å². The van der Waals surface area contributed by atoms with Crippen molar-refractivity contribution in [2.24, 2.45) is 5.14 Å². The standard InChI is InChI=1S/C8H9NO6S3/c9-18(12,13)7-6(1-4-16-7)8(5-17(10)11)14-2-3-15-8/h1,4-5H,2-3H2,(H2,9,12,13). The molecule has 0 aromatic carbocycles. The summed E-state index contributed by atoms with van der Waals surface area (Å²) in [6, 6.07) is 1.42. The van der Waals surface area contributed by atoms with Crippen molar-refractivity contribution in [2.45, 2.75) is 10.00 Å². The van der Waals surface area contributed by atoms with Crippen LogP contribution in [0, 0.1) is 0 Å². The lowest BCUT2D eigenvalue weighted by molar-refractivity contribution is -0.0996. The molecule has 10 heteroatoms. The first-order chi connectivity index (χ1) is 8.35. The van der Waals surface area contributed by atoms with Gasteiger partial charge in [-0.1, -0.05) is 0 Å². The van der Waals surface area contributed by atoms with Crippen molar-refractivity contribution >= 4 is 37.0 Å². The molecule has 18 heavy (non-hydrogen) atoms. The van der Waals surface area contributed by atoms with Crippen molar-refractivity contribution < 1.29 is 26.3 Å². The molecular formula is C8H9NO6S3. The van der Waals surface area contributed by atoms with Gasteiger partial charge < -0.3 is 9.47 Å². The van der Waals surface area contributed by atoms with Crippen LogP contribution in [0.4, 0.5) is 0 Å². The molecule has 0 radical (unpaired) electrons. The molecule has 1 saturated heterocycles. The maximum atomic E-state index is 11.4. The largest absolute Gasteiger partial charge is 0.339 e. The van der Waals surface area contributed by atoms with Crippen LogP contribution in [0.1, 0.15) is 5.56 Å². The summed E-state index contributed by atoms with van der Waals surface area (Å²) in [7, 11) is -6.53. The van der Waals surface area contributed by atoms with Gasteiger partial charge in [-0.25, -0.2) is 13.6 Å². The molecule has 1 aliphatic heterocycles. The lowest BCUT2D eigenvalue weighted by Gasteiger charge is -2.21. The van der Waals surface area contributed by atoms with Gasteiger partial charge in [-0.05, 0) is 11.4 Å². The molecule has 2 N–H and O–H groups in total. The number of rotatable bonds is 3. The zero-order valence-electron chi connectivity index (χ0n) is 8.90. The first kappa shape index (κ1) is 13.6. The Labute approximate surface area is 109 Å². The number of hydrogen-bond acceptors (Lipinski definition) is 7. The molecule has 0 saturated carbocycles. The fourth-order valence-electron chi connectivity index (χ4n) is 1.62. The van der Waals surface area contributed by atoms with Crippen LogP contribution in [0.3, 0.4) is 0 Å². The quantitative estimate of drug-likeness (QED) is 0.737. The van der Waals surface area contributed by atoms with E-state index in [1.54, 1.807) is 0 Å². The Bertz CT molecular complexity index is 672. The van der Waals surface area contributed by atoms with Crippen LogP contribution < -0.4 is 5.14 Å². The molecule has 0 amide bonds. The van der Waals surface area contributed by atoms with Crippen molar-refractivity contribution in [1.82, 2.24) is 0 Å². The Kier molecular flexibility index (Phi) is 3.58. The summed E-state index contributed by atoms with van der Waals surface area (Å²) in [5.41, 5.74) is 0.0803. The maximum absolute atomic E-state index is 11.4. The molecule has 0 unspecified atom stereocenters. The Morgan fingerprint density at radius 1 is 1.39 bits per heavy atom. The van der Waals surface area contributed by atoms with Crippen molar-refractivity contribution in [3.63, 3.8) is 0 Å². The lowest BCUT2D eigenvalue weighted by Crippen LogP contribution is -2.31. The van der Waals surface area contributed by atoms with E-state index in [1.807, 2.05) is 0 Å². The molecule has 0 atom stereocenters. The Balaban J connectivity index is 2.65. The second kappa shape index (κ2) is 4.72. The maximum Gasteiger partial charge on any atom is 0.248 e. The third kappa shape index (κ3) is 2.48. The monoisotopic (exact) mass is 311 g/mol. The number of sulfonamides is 1. The third-order valence-electron chi connectivity index (χ3n) is 2.23. The number of hydrogen-bond donors (Lipinski definition) is 1. The van der Waals surface area contributed by atoms with Crippen molar-refractivity contribution in [1.29, 1.82) is 0 Å². The molecule has 1 aromatic rings. The topological polar surface area (TPSA) is 113 Å². The molecule has 100 valence electrons. The summed E-state index contributed by atoms with van der Waals surface area (Å²) in [5.74, 6) is -1.70. The van der Waals surface area contributed by atoms with Gasteiger partial charge in [0.25, 0.3) is 0 Å². The summed E-state index contributed by atoms with van der Waals surface area (Å²) in [4.78, 5) is 0. The van der Waals surface area contributed by atoms with Crippen molar-refractivity contribution in [2.75, 3.05) is 13.2 Å². The first-order valence-electron chi connectivity index (χ1n) is 4.68. The van der Waals surface area contributed by atoms with Crippen LogP contribution in [0.5, 0.6) is 0 Å². The smallest absolute Gasteiger partial charge is 0.248 e. The SMILES string of the molecule is NS(=O)(=O)c1sccc1C1(C=S(=O)=O)OCCO1. The Hall–Kier alpha value is -0.780. The predicted octanol–water partition coefficient (Wildman–Crippen LogP) is -0.724. The van der Waals surface area contributed by atoms with Crippen LogP contribution in [-0.4, -0.2) is 35.4 Å². The highest BCUT2D eigenvalue weighted by Gasteiger charge is 2.42. The molecule has 0 spiro atoms. The van der Waals surface area contributed by atoms with Crippen molar-refractivity contribution in [3.05, 3.63) is 17.0 Å². The van der Waals surface area contributed by atoms with E-state index in [0.29, 0.717) is 0 Å². The van der Waals surface area contributed by atoms with Gasteiger partial charge in [-0.2, -0.15) is 8.42 Å². The number of nitrogens with two attached hydrogens (primary N) is 1. The average molecular weight is 311 g/mol. The molecule has 1 fully saturated rings. The summed E-state index contributed by atoms with van der Waals surface area (Å²) >= 11 is 0.875. The van der Waals surface area contributed by atoms with Crippen molar-refractivity contribution in [3.8, 4) is 0 Å². The highest BCUT2D eigenvalue weighted by molar-refractivity contribution is 7.91. The normalized spacial score (nSPS) is 18.7. The van der Waals surface area contributed by atoms with Crippen LogP contribution in [0.15, 0.2) is 15.7 Å². The molecule has 2 heterocycles. The van der Waals surface area contributed by atoms with E-state index in [2.05, 4.69) is 0 Å². The fraction of sp³-hybridized carbons (Fsp3) is 0.375. The van der Waals surface area contributed by atoms with E-state index in [0.717, 1.165) is 16.7 Å². The van der Waals surface area contributed by atoms with Gasteiger partial charge in [-0.3, -0.25) is 0 Å². The Morgan fingerprint density at radius 3 is 2.50 bits per heavy atom. The second-order valence-electron chi connectivity index (χ2n) is 3.41. The van der Waals surface area contributed by atoms with Gasteiger partial charge in [0.1, 0.15) is 4.21 Å². The first-order valence-corrected chi connectivity index (χ1v) is 8.24. The number of primary sulfonamides is 1. The van der Waals surface area contributed by atoms with Crippen LogP contribution >= 0.6 is 11.3 Å². The van der Waals surface area contributed by atoms with E-state index in [-0.39, 0.29) is 23.0 Å². The van der Waals surface area contributed by atoms with Gasteiger partial charge >= 0.3 is 0 Å². The highest BCUT2D eigenvalue weighted by atomic mass is 32.2. The lowest BCUT2D eigenvalue weighted by atomic mass is 10.2. The zero-order chi connectivity index (χ0) is 13.4. The van der Waals surface area contributed by atoms with E-state index in [1.165, 1.54) is 11.4 Å². The van der Waals surface area contributed by atoms with E-state index in [9.17, 15) is 16.8 Å². The molecule has 0 bridgehead atoms. The minimum atomic E-state index is -3.96. The molecular weight excluding hydrogens is 302 g/mol. The highest BCUT2D eigenvalue weighted by Crippen LogP contribution is 2.36. The predicted molar refractivity (Wildman–Crippen MR) is 64.3 cm³/mol. The summed E-state index contributed by atoms with van der Waals surface area (Å²) in [5, 5.41) is 7.31. The Morgan fingerprint density at radius 2 is 2.00 bits per heavy atom. The van der Waals surface area contributed by atoms with E-state index < -0.39 is 26.1 Å². The summed E-state index contributed by atoms with van der Waals surface area (Å²) in [6.45, 7) is 0.321. The molecule has 2 rings (SSSR count). The van der Waals surface area contributed by atoms with Gasteiger partial charge in [0.05, 0.1) is 18.6 Å². The molecule has 1 aliphatic rings.